The van der Waals surface area contributed by atoms with Crippen LogP contribution < -0.4 is 5.73 Å². The average Bonchev–Trinajstić information content (AvgIpc) is 2.19. The summed E-state index contributed by atoms with van der Waals surface area (Å²) < 4.78 is 0. The largest absolute Gasteiger partial charge is 0.368 e. The summed E-state index contributed by atoms with van der Waals surface area (Å²) in [6, 6.07) is 9.80. The first kappa shape index (κ1) is 8.69. The van der Waals surface area contributed by atoms with Crippen LogP contribution >= 0.6 is 0 Å². The third kappa shape index (κ3) is 1.71. The Bertz CT molecular complexity index is 435. The van der Waals surface area contributed by atoms with Crippen LogP contribution in [0.4, 0.5) is 5.95 Å². The van der Waals surface area contributed by atoms with Gasteiger partial charge in [0.1, 0.15) is 0 Å². The van der Waals surface area contributed by atoms with Gasteiger partial charge in [0.05, 0.1) is 11.9 Å². The highest BCUT2D eigenvalue weighted by atomic mass is 15.0. The van der Waals surface area contributed by atoms with Crippen LogP contribution in [0.5, 0.6) is 0 Å². The molecule has 0 aliphatic carbocycles. The van der Waals surface area contributed by atoms with Crippen molar-refractivity contribution >= 4 is 5.95 Å². The van der Waals surface area contributed by atoms with Crippen molar-refractivity contribution in [3.63, 3.8) is 0 Å². The molecule has 2 rings (SSSR count). The van der Waals surface area contributed by atoms with E-state index in [1.165, 1.54) is 5.56 Å². The zero-order chi connectivity index (χ0) is 9.97. The van der Waals surface area contributed by atoms with Crippen LogP contribution in [0.3, 0.4) is 0 Å². The van der Waals surface area contributed by atoms with Crippen molar-refractivity contribution in [2.75, 3.05) is 5.73 Å². The Morgan fingerprint density at radius 1 is 1.21 bits per heavy atom. The lowest BCUT2D eigenvalue weighted by Crippen LogP contribution is -1.95. The number of nitrogen functional groups attached to an aromatic ring is 1. The molecule has 1 aromatic heterocycles. The van der Waals surface area contributed by atoms with E-state index < -0.39 is 0 Å². The Kier molecular flexibility index (Phi) is 2.14. The van der Waals surface area contributed by atoms with E-state index in [-0.39, 0.29) is 5.95 Å². The minimum atomic E-state index is 0.253. The average molecular weight is 184 g/mol. The molecule has 2 N–H and O–H groups in total. The number of nitrogens with two attached hydrogens (primary N) is 1. The van der Waals surface area contributed by atoms with Crippen molar-refractivity contribution in [1.82, 2.24) is 9.97 Å². The van der Waals surface area contributed by atoms with Gasteiger partial charge in [-0.3, -0.25) is 0 Å². The Labute approximate surface area is 82.6 Å². The minimum absolute atomic E-state index is 0.253. The molecule has 3 nitrogen and oxygen atoms in total. The second kappa shape index (κ2) is 3.46. The SMILES string of the molecule is Cc1ccc(-c2c[c]nc(N)n2)cc1. The maximum Gasteiger partial charge on any atom is 0.221 e. The molecular formula is C11H10N3. The molecule has 0 saturated carbocycles. The summed E-state index contributed by atoms with van der Waals surface area (Å²) in [6.45, 7) is 2.05. The Morgan fingerprint density at radius 3 is 2.57 bits per heavy atom. The van der Waals surface area contributed by atoms with Crippen LogP contribution in [0.1, 0.15) is 5.56 Å². The van der Waals surface area contributed by atoms with Crippen LogP contribution in [0.2, 0.25) is 0 Å². The Hall–Kier alpha value is -1.90. The van der Waals surface area contributed by atoms with Crippen molar-refractivity contribution in [3.8, 4) is 11.3 Å². The normalized spacial score (nSPS) is 10.1. The summed E-state index contributed by atoms with van der Waals surface area (Å²) in [5, 5.41) is 0. The number of hydrogen-bond donors (Lipinski definition) is 1. The monoisotopic (exact) mass is 184 g/mol. The summed E-state index contributed by atoms with van der Waals surface area (Å²) >= 11 is 0. The van der Waals surface area contributed by atoms with Crippen LogP contribution in [0.15, 0.2) is 30.3 Å². The summed E-state index contributed by atoms with van der Waals surface area (Å²) in [7, 11) is 0. The van der Waals surface area contributed by atoms with Crippen LogP contribution in [-0.4, -0.2) is 9.97 Å². The van der Waals surface area contributed by atoms with Crippen molar-refractivity contribution in [1.29, 1.82) is 0 Å². The van der Waals surface area contributed by atoms with Gasteiger partial charge in [0.15, 0.2) is 0 Å². The van der Waals surface area contributed by atoms with Crippen molar-refractivity contribution in [2.24, 2.45) is 0 Å². The molecule has 3 heteroatoms. The Balaban J connectivity index is 2.44. The van der Waals surface area contributed by atoms with Gasteiger partial charge in [-0.25, -0.2) is 9.97 Å². The predicted molar refractivity (Wildman–Crippen MR) is 55.5 cm³/mol. The van der Waals surface area contributed by atoms with Crippen molar-refractivity contribution < 1.29 is 0 Å². The van der Waals surface area contributed by atoms with Gasteiger partial charge in [0, 0.05) is 5.56 Å². The van der Waals surface area contributed by atoms with E-state index in [2.05, 4.69) is 16.2 Å². The standard InChI is InChI=1S/C11H10N3/c1-8-2-4-9(5-3-8)10-6-7-13-11(12)14-10/h2-6H,1H3,(H2,12,13,14). The predicted octanol–water partition coefficient (Wildman–Crippen LogP) is 1.83. The number of aromatic nitrogens is 2. The van der Waals surface area contributed by atoms with Gasteiger partial charge in [0.2, 0.25) is 5.95 Å². The van der Waals surface area contributed by atoms with E-state index in [1.54, 1.807) is 6.07 Å². The zero-order valence-corrected chi connectivity index (χ0v) is 7.86. The van der Waals surface area contributed by atoms with Crippen molar-refractivity contribution in [3.05, 3.63) is 42.1 Å². The van der Waals surface area contributed by atoms with Gasteiger partial charge in [-0.1, -0.05) is 29.8 Å². The first-order chi connectivity index (χ1) is 6.75. The van der Waals surface area contributed by atoms with E-state index in [1.807, 2.05) is 31.2 Å². The van der Waals surface area contributed by atoms with Gasteiger partial charge in [0.25, 0.3) is 0 Å². The highest BCUT2D eigenvalue weighted by Gasteiger charge is 1.99. The number of nitrogens with zero attached hydrogens (tertiary/aromatic N) is 2. The molecule has 1 radical (unpaired) electrons. The summed E-state index contributed by atoms with van der Waals surface area (Å²) in [6.07, 6.45) is 2.70. The van der Waals surface area contributed by atoms with Crippen LogP contribution in [0, 0.1) is 13.1 Å². The molecule has 0 aliphatic rings. The molecule has 0 amide bonds. The fraction of sp³-hybridized carbons (Fsp3) is 0.0909. The second-order valence-electron chi connectivity index (χ2n) is 3.11. The molecule has 0 bridgehead atoms. The third-order valence-corrected chi connectivity index (χ3v) is 1.96. The highest BCUT2D eigenvalue weighted by Crippen LogP contribution is 2.16. The number of hydrogen-bond acceptors (Lipinski definition) is 3. The van der Waals surface area contributed by atoms with E-state index in [0.717, 1.165) is 11.3 Å². The molecule has 0 aliphatic heterocycles. The maximum absolute atomic E-state index is 5.47. The number of benzene rings is 1. The number of anilines is 1. The molecule has 1 aromatic carbocycles. The van der Waals surface area contributed by atoms with Gasteiger partial charge in [-0.15, -0.1) is 0 Å². The van der Waals surface area contributed by atoms with Gasteiger partial charge >= 0.3 is 0 Å². The fourth-order valence-electron chi connectivity index (χ4n) is 1.21. The highest BCUT2D eigenvalue weighted by molar-refractivity contribution is 5.59. The van der Waals surface area contributed by atoms with E-state index in [9.17, 15) is 0 Å². The van der Waals surface area contributed by atoms with Gasteiger partial charge in [-0.05, 0) is 13.0 Å². The number of aryl methyl sites for hydroxylation is 1. The quantitative estimate of drug-likeness (QED) is 0.735. The zero-order valence-electron chi connectivity index (χ0n) is 7.86. The maximum atomic E-state index is 5.47. The van der Waals surface area contributed by atoms with Gasteiger partial charge in [-0.2, -0.15) is 0 Å². The molecule has 0 atom stereocenters. The lowest BCUT2D eigenvalue weighted by atomic mass is 10.1. The van der Waals surface area contributed by atoms with E-state index in [0.29, 0.717) is 0 Å². The topological polar surface area (TPSA) is 51.8 Å². The summed E-state index contributed by atoms with van der Waals surface area (Å²) in [4.78, 5) is 7.83. The summed E-state index contributed by atoms with van der Waals surface area (Å²) in [5.41, 5.74) is 8.53. The van der Waals surface area contributed by atoms with E-state index >= 15 is 0 Å². The van der Waals surface area contributed by atoms with Crippen LogP contribution in [0.25, 0.3) is 11.3 Å². The Morgan fingerprint density at radius 2 is 1.93 bits per heavy atom. The molecule has 14 heavy (non-hydrogen) atoms. The van der Waals surface area contributed by atoms with Gasteiger partial charge < -0.3 is 5.73 Å². The molecule has 0 saturated heterocycles. The third-order valence-electron chi connectivity index (χ3n) is 1.96. The molecular weight excluding hydrogens is 174 g/mol. The minimum Gasteiger partial charge on any atom is -0.368 e. The fourth-order valence-corrected chi connectivity index (χ4v) is 1.21. The first-order valence-electron chi connectivity index (χ1n) is 4.33. The molecule has 0 spiro atoms. The number of rotatable bonds is 1. The molecule has 0 unspecified atom stereocenters. The second-order valence-corrected chi connectivity index (χ2v) is 3.11. The first-order valence-corrected chi connectivity index (χ1v) is 4.33. The molecule has 69 valence electrons. The van der Waals surface area contributed by atoms with E-state index in [4.69, 9.17) is 5.73 Å². The molecule has 2 aromatic rings. The van der Waals surface area contributed by atoms with Crippen molar-refractivity contribution in [2.45, 2.75) is 6.92 Å². The van der Waals surface area contributed by atoms with Crippen LogP contribution in [-0.2, 0) is 0 Å². The summed E-state index contributed by atoms with van der Waals surface area (Å²) in [5.74, 6) is 0.253. The molecule has 1 heterocycles. The molecule has 0 fully saturated rings. The smallest absolute Gasteiger partial charge is 0.221 e. The lowest BCUT2D eigenvalue weighted by Gasteiger charge is -2.00. The lowest BCUT2D eigenvalue weighted by molar-refractivity contribution is 1.18.